The maximum absolute atomic E-state index is 15.9. The summed E-state index contributed by atoms with van der Waals surface area (Å²) in [5.74, 6) is -12.8. The van der Waals surface area contributed by atoms with E-state index in [2.05, 4.69) is 91.3 Å². The molecule has 36 heteroatoms. The number of hydrogen-bond acceptors (Lipinski definition) is 18. The Bertz CT molecular complexity index is 4280. The summed E-state index contributed by atoms with van der Waals surface area (Å²) in [6, 6.07) is 10.9. The van der Waals surface area contributed by atoms with E-state index in [-0.39, 0.29) is 127 Å². The van der Waals surface area contributed by atoms with Crippen LogP contribution < -0.4 is 85.9 Å². The minimum absolute atomic E-state index is 0.000908. The fourth-order valence-corrected chi connectivity index (χ4v) is 16.5. The number of hydrogen-bond donors (Lipinski definition) is 19. The highest BCUT2D eigenvalue weighted by Gasteiger charge is 2.45. The molecule has 2 aliphatic heterocycles. The van der Waals surface area contributed by atoms with Crippen molar-refractivity contribution in [1.82, 2.24) is 89.3 Å². The van der Waals surface area contributed by atoms with Crippen LogP contribution >= 0.6 is 0 Å². The predicted molar refractivity (Wildman–Crippen MR) is 511 cm³/mol. The lowest BCUT2D eigenvalue weighted by Crippen LogP contribution is -2.62. The first-order valence-electron chi connectivity index (χ1n) is 48.6. The molecule has 0 aliphatic carbocycles. The van der Waals surface area contributed by atoms with Crippen LogP contribution in [-0.4, -0.2) is 220 Å². The molecule has 0 saturated carbocycles. The van der Waals surface area contributed by atoms with Crippen LogP contribution in [0.1, 0.15) is 282 Å². The van der Waals surface area contributed by atoms with Gasteiger partial charge in [-0.15, -0.1) is 0 Å². The quantitative estimate of drug-likeness (QED) is 0.0145. The summed E-state index contributed by atoms with van der Waals surface area (Å²) in [5.41, 5.74) is 13.4. The zero-order valence-corrected chi connectivity index (χ0v) is 79.7. The topological polar surface area (TPSA) is 553 Å². The van der Waals surface area contributed by atoms with Crippen molar-refractivity contribution in [3.05, 3.63) is 126 Å². The van der Waals surface area contributed by atoms with Crippen molar-refractivity contribution >= 4 is 94.6 Å². The van der Waals surface area contributed by atoms with E-state index in [4.69, 9.17) is 16.9 Å². The molecular weight excluding hydrogens is 1710 g/mol. The van der Waals surface area contributed by atoms with Gasteiger partial charge in [0.15, 0.2) is 5.96 Å². The third-order valence-corrected chi connectivity index (χ3v) is 24.4. The smallest absolute Gasteiger partial charge is 0.246 e. The van der Waals surface area contributed by atoms with Gasteiger partial charge in [0.1, 0.15) is 60.4 Å². The molecule has 6 rings (SSSR count). The summed E-state index contributed by atoms with van der Waals surface area (Å²) in [6.07, 6.45) is 19.7. The molecule has 13 atom stereocenters. The summed E-state index contributed by atoms with van der Waals surface area (Å²) in [5, 5.41) is 57.9. The lowest BCUT2D eigenvalue weighted by molar-refractivity contribution is -0.143. The molecule has 15 amide bonds. The number of H-pyrrole nitrogens is 1. The molecule has 36 nitrogen and oxygen atoms in total. The molecule has 4 aromatic rings. The molecule has 740 valence electrons. The minimum Gasteiger partial charge on any atom is -0.391 e. The highest BCUT2D eigenvalue weighted by atomic mass is 16.3. The second-order valence-electron chi connectivity index (χ2n) is 36.1. The van der Waals surface area contributed by atoms with Crippen LogP contribution in [0.2, 0.25) is 0 Å². The average Bonchev–Trinajstić information content (AvgIpc) is 1.62. The molecule has 2 aliphatic rings. The lowest BCUT2D eigenvalue weighted by atomic mass is 9.84. The van der Waals surface area contributed by atoms with Crippen molar-refractivity contribution in [3.8, 4) is 0 Å². The number of nitrogens with one attached hydrogen (secondary N) is 16. The Morgan fingerprint density at radius 2 is 1.10 bits per heavy atom. The molecule has 0 radical (unpaired) electrons. The van der Waals surface area contributed by atoms with Crippen LogP contribution in [-0.2, 0) is 84.8 Å². The Morgan fingerprint density at radius 1 is 0.545 bits per heavy atom. The van der Waals surface area contributed by atoms with Gasteiger partial charge >= 0.3 is 0 Å². The van der Waals surface area contributed by atoms with Crippen molar-refractivity contribution in [2.24, 2.45) is 23.3 Å². The second-order valence-corrected chi connectivity index (χ2v) is 36.1. The van der Waals surface area contributed by atoms with Gasteiger partial charge < -0.3 is 101 Å². The third kappa shape index (κ3) is 41.7. The van der Waals surface area contributed by atoms with Crippen LogP contribution in [0.3, 0.4) is 0 Å². The van der Waals surface area contributed by atoms with Gasteiger partial charge in [-0.05, 0) is 132 Å². The number of aromatic amines is 1. The molecule has 2 fully saturated rings. The van der Waals surface area contributed by atoms with E-state index in [1.54, 1.807) is 119 Å². The molecule has 21 N–H and O–H groups in total. The molecule has 3 heterocycles. The summed E-state index contributed by atoms with van der Waals surface area (Å²) in [7, 11) is 0. The fourth-order valence-electron chi connectivity index (χ4n) is 16.5. The molecule has 3 aromatic carbocycles. The summed E-state index contributed by atoms with van der Waals surface area (Å²) < 4.78 is 0. The van der Waals surface area contributed by atoms with Crippen LogP contribution in [0.15, 0.2) is 104 Å². The van der Waals surface area contributed by atoms with Gasteiger partial charge in [0.2, 0.25) is 88.6 Å². The number of nitrogens with zero attached hydrogens (tertiary/aromatic N) is 2. The largest absolute Gasteiger partial charge is 0.391 e. The van der Waals surface area contributed by atoms with E-state index in [1.807, 2.05) is 0 Å². The van der Waals surface area contributed by atoms with Crippen molar-refractivity contribution in [2.75, 3.05) is 32.7 Å². The number of carbonyl (C=O) groups excluding carboxylic acids is 15. The zero-order chi connectivity index (χ0) is 97.7. The highest BCUT2D eigenvalue weighted by molar-refractivity contribution is 6.00. The first-order valence-corrected chi connectivity index (χ1v) is 48.6. The van der Waals surface area contributed by atoms with E-state index < -0.39 is 180 Å². The monoisotopic (exact) mass is 1870 g/mol. The normalized spacial score (nSPS) is 19.9. The highest BCUT2D eigenvalue weighted by Crippen LogP contribution is 2.32. The van der Waals surface area contributed by atoms with Crippen LogP contribution in [0, 0.1) is 17.2 Å². The van der Waals surface area contributed by atoms with Crippen molar-refractivity contribution < 1.29 is 77.0 Å². The Morgan fingerprint density at radius 3 is 1.68 bits per heavy atom. The fraction of sp³-hybridized carbons (Fsp3) is 0.622. The number of aliphatic hydroxyl groups excluding tert-OH is 1. The van der Waals surface area contributed by atoms with E-state index in [9.17, 15) is 57.8 Å². The number of amides is 15. The average molecular weight is 1870 g/mol. The van der Waals surface area contributed by atoms with E-state index in [0.29, 0.717) is 61.0 Å². The summed E-state index contributed by atoms with van der Waals surface area (Å²) >= 11 is 0. The van der Waals surface area contributed by atoms with Gasteiger partial charge in [0.25, 0.3) is 0 Å². The number of rotatable bonds is 50. The SMILES string of the molecule is CCCCCCCCCCCCCCCC(=O)NCCCCCC(=O)NCCCC[C@H](NC(=O)C[C@H](Cc1ccccc1)NC(=O)[C@@H]1CCC(=O)NCCC[C@H](NC(=O)CC(C)C)C(=O)N[C@@H]([C@@H](C)O)C(=O)N[C@@H](Cc2cnc[nH]2)C(=O)N[C@@H](C(c2ccccc2)c2ccccc2)C(=O)N2CCC[C@H]2C(=O)N[C@@H](C)C(=O)N[C@@H]([C@@H](C)CC)C(=O)N1)C(=O)N[C@@H](CCCNC(=N)N)C(N)=O. The first-order chi connectivity index (χ1) is 64.3. The Kier molecular flexibility index (Phi) is 51.2. The second kappa shape index (κ2) is 61.9. The number of aromatic nitrogens is 2. The molecule has 0 unspecified atom stereocenters. The number of primary amides is 1. The van der Waals surface area contributed by atoms with Crippen LogP contribution in [0.4, 0.5) is 0 Å². The Balaban J connectivity index is 1.24. The van der Waals surface area contributed by atoms with Crippen molar-refractivity contribution in [3.63, 3.8) is 0 Å². The summed E-state index contributed by atoms with van der Waals surface area (Å²) in [4.78, 5) is 225. The number of guanidine groups is 1. The maximum Gasteiger partial charge on any atom is 0.246 e. The van der Waals surface area contributed by atoms with E-state index in [1.165, 1.54) is 95.5 Å². The zero-order valence-electron chi connectivity index (χ0n) is 79.7. The van der Waals surface area contributed by atoms with Gasteiger partial charge in [-0.2, -0.15) is 0 Å². The van der Waals surface area contributed by atoms with E-state index >= 15 is 19.2 Å². The minimum atomic E-state index is -1.78. The Hall–Kier alpha value is -11.8. The van der Waals surface area contributed by atoms with Crippen LogP contribution in [0.25, 0.3) is 0 Å². The lowest BCUT2D eigenvalue weighted by Gasteiger charge is -2.35. The van der Waals surface area contributed by atoms with Crippen molar-refractivity contribution in [1.29, 1.82) is 5.41 Å². The molecular formula is C98H152N20O16. The molecule has 0 spiro atoms. The first kappa shape index (κ1) is 111. The molecule has 2 saturated heterocycles. The number of aliphatic hydroxyl groups is 1. The molecule has 1 aromatic heterocycles. The molecule has 0 bridgehead atoms. The standard InChI is InChI=1S/C98H152N20O16/c1-8-10-11-12-13-14-15-16-17-18-19-20-31-49-79(120)103-53-34-24-32-50-80(121)104-54-35-33-45-74(91(128)112-73(88(99)125)46-36-56-106-98(100)101)111-83(124)61-71(59-68-39-25-21-26-40-68)109-90(127)76-51-52-81(122)105-55-37-47-75(110-82(123)58-64(3)4)92(129)116-86(67(7)119)96(133)114-77(60-72-62-102-63-107-72)93(130)117-87(84(69-41-27-22-28-42-69)70-43-29-23-30-44-70)97(134)118-57-38-48-78(118)94(131)108-66(6)89(126)115-85(65(5)9-2)95(132)113-76/h21-23,25-30,39-44,62-67,71,73-78,84-87,119H,8-20,24,31-38,45-61H2,1-7H3,(H2,99,125)(H,102,107)(H,103,120)(H,104,121)(H,105,122)(H,108,131)(H,109,127)(H,110,123)(H,111,124)(H,112,128)(H,113,132)(H,114,133)(H,115,126)(H,116,129)(H,117,130)(H4,100,101,106)/t65-,66-,67+,71-,73-,74-,75-,76-,77-,78-,85-,86-,87-/m0/s1. The number of carbonyl (C=O) groups is 15. The van der Waals surface area contributed by atoms with Gasteiger partial charge in [-0.25, -0.2) is 4.98 Å². The Labute approximate surface area is 789 Å². The predicted octanol–water partition coefficient (Wildman–Crippen LogP) is 5.63. The maximum atomic E-state index is 15.9. The van der Waals surface area contributed by atoms with Crippen molar-refractivity contribution in [2.45, 2.75) is 345 Å². The number of unbranched alkanes of at least 4 members (excludes halogenated alkanes) is 15. The number of imidazole rings is 1. The number of fused-ring (bicyclic) bond motifs is 1. The third-order valence-electron chi connectivity index (χ3n) is 24.4. The van der Waals surface area contributed by atoms with Gasteiger partial charge in [-0.1, -0.05) is 216 Å². The van der Waals surface area contributed by atoms with Gasteiger partial charge in [-0.3, -0.25) is 77.3 Å². The molecule has 134 heavy (non-hydrogen) atoms. The van der Waals surface area contributed by atoms with Gasteiger partial charge in [0, 0.05) is 95.1 Å². The van der Waals surface area contributed by atoms with Gasteiger partial charge in [0.05, 0.1) is 12.4 Å². The number of benzene rings is 3. The number of nitrogens with two attached hydrogens (primary N) is 2. The van der Waals surface area contributed by atoms with Crippen LogP contribution in [0.5, 0.6) is 0 Å². The summed E-state index contributed by atoms with van der Waals surface area (Å²) in [6.45, 7) is 12.7. The van der Waals surface area contributed by atoms with E-state index in [0.717, 1.165) is 25.7 Å².